The van der Waals surface area contributed by atoms with Crippen molar-refractivity contribution in [3.8, 4) is 11.8 Å². The van der Waals surface area contributed by atoms with Crippen molar-refractivity contribution in [2.24, 2.45) is 5.92 Å². The zero-order chi connectivity index (χ0) is 18.2. The first kappa shape index (κ1) is 18.0. The molecule has 3 fully saturated rings. The molecule has 0 spiro atoms. The van der Waals surface area contributed by atoms with E-state index in [0.717, 1.165) is 32.5 Å². The number of fused-ring (bicyclic) bond motifs is 3. The fraction of sp³-hybridized carbons (Fsp3) is 0.450. The summed E-state index contributed by atoms with van der Waals surface area (Å²) < 4.78 is 6.53. The fourth-order valence-corrected chi connectivity index (χ4v) is 5.07. The number of methoxy groups -OCH3 is 1. The average molecular weight is 389 g/mol. The third-order valence-corrected chi connectivity index (χ3v) is 6.83. The molecule has 6 heteroatoms. The standard InChI is InChI=1S/C20H21ClN2O2S/c1-25-19(14-23-12-7-15(19)8-13-23)9-10-20(24,16-4-2-3-11-22-16)17-5-6-18(21)26-17/h2-6,11,15,24H,7-8,12-14H2,1H3/t19-,20?/m1/s1. The topological polar surface area (TPSA) is 45.6 Å². The van der Waals surface area contributed by atoms with Crippen molar-refractivity contribution in [3.63, 3.8) is 0 Å². The second-order valence-electron chi connectivity index (χ2n) is 6.92. The smallest absolute Gasteiger partial charge is 0.203 e. The summed E-state index contributed by atoms with van der Waals surface area (Å²) in [6.07, 6.45) is 3.82. The van der Waals surface area contributed by atoms with Gasteiger partial charge in [0.2, 0.25) is 5.60 Å². The number of hydrogen-bond donors (Lipinski definition) is 1. The molecule has 0 aliphatic carbocycles. The molecule has 2 aromatic heterocycles. The predicted molar refractivity (Wildman–Crippen MR) is 103 cm³/mol. The van der Waals surface area contributed by atoms with Crippen LogP contribution >= 0.6 is 22.9 Å². The molecule has 5 heterocycles. The Hall–Kier alpha value is -1.42. The van der Waals surface area contributed by atoms with E-state index in [-0.39, 0.29) is 0 Å². The van der Waals surface area contributed by atoms with Gasteiger partial charge in [0, 0.05) is 25.8 Å². The molecule has 3 aliphatic rings. The maximum Gasteiger partial charge on any atom is 0.203 e. The molecule has 0 aromatic carbocycles. The maximum atomic E-state index is 11.5. The predicted octanol–water partition coefficient (Wildman–Crippen LogP) is 3.15. The van der Waals surface area contributed by atoms with E-state index in [0.29, 0.717) is 20.8 Å². The van der Waals surface area contributed by atoms with Crippen LogP contribution in [0.1, 0.15) is 23.4 Å². The molecule has 136 valence electrons. The minimum atomic E-state index is -1.50. The summed E-state index contributed by atoms with van der Waals surface area (Å²) in [6.45, 7) is 2.98. The fourth-order valence-electron chi connectivity index (χ4n) is 3.98. The number of pyridine rings is 1. The van der Waals surface area contributed by atoms with Crippen LogP contribution in [0.15, 0.2) is 36.5 Å². The molecule has 2 atom stereocenters. The van der Waals surface area contributed by atoms with Gasteiger partial charge in [-0.25, -0.2) is 0 Å². The highest BCUT2D eigenvalue weighted by Gasteiger charge is 2.46. The van der Waals surface area contributed by atoms with E-state index >= 15 is 0 Å². The lowest BCUT2D eigenvalue weighted by atomic mass is 9.75. The summed E-state index contributed by atoms with van der Waals surface area (Å²) in [4.78, 5) is 7.41. The van der Waals surface area contributed by atoms with Gasteiger partial charge in [0.1, 0.15) is 5.60 Å². The lowest BCUT2D eigenvalue weighted by Gasteiger charge is -2.49. The molecule has 2 aromatic rings. The lowest BCUT2D eigenvalue weighted by Crippen LogP contribution is -2.59. The van der Waals surface area contributed by atoms with Gasteiger partial charge in [-0.2, -0.15) is 0 Å². The molecular weight excluding hydrogens is 368 g/mol. The van der Waals surface area contributed by atoms with Crippen LogP contribution in [0.2, 0.25) is 4.34 Å². The number of nitrogens with zero attached hydrogens (tertiary/aromatic N) is 2. The average Bonchev–Trinajstić information content (AvgIpc) is 3.14. The van der Waals surface area contributed by atoms with Crippen LogP contribution in [0.4, 0.5) is 0 Å². The van der Waals surface area contributed by atoms with E-state index in [9.17, 15) is 5.11 Å². The maximum absolute atomic E-state index is 11.5. The second-order valence-corrected chi connectivity index (χ2v) is 8.64. The van der Waals surface area contributed by atoms with Gasteiger partial charge in [0.25, 0.3) is 0 Å². The molecule has 0 radical (unpaired) electrons. The van der Waals surface area contributed by atoms with Crippen LogP contribution in [0, 0.1) is 17.8 Å². The highest BCUT2D eigenvalue weighted by atomic mass is 35.5. The first-order valence-electron chi connectivity index (χ1n) is 8.77. The number of ether oxygens (including phenoxy) is 1. The van der Waals surface area contributed by atoms with E-state index < -0.39 is 11.2 Å². The van der Waals surface area contributed by atoms with Crippen molar-refractivity contribution in [2.75, 3.05) is 26.7 Å². The van der Waals surface area contributed by atoms with Crippen LogP contribution in [0.3, 0.4) is 0 Å². The van der Waals surface area contributed by atoms with E-state index in [1.54, 1.807) is 25.4 Å². The molecule has 0 amide bonds. The van der Waals surface area contributed by atoms with Crippen LogP contribution in [-0.2, 0) is 10.3 Å². The normalized spacial score (nSPS) is 29.7. The Kier molecular flexibility index (Phi) is 4.81. The summed E-state index contributed by atoms with van der Waals surface area (Å²) in [5.74, 6) is 6.85. The summed E-state index contributed by atoms with van der Waals surface area (Å²) >= 11 is 7.44. The summed E-state index contributed by atoms with van der Waals surface area (Å²) in [7, 11) is 1.72. The molecule has 26 heavy (non-hydrogen) atoms. The van der Waals surface area contributed by atoms with Gasteiger partial charge in [-0.15, -0.1) is 11.3 Å². The van der Waals surface area contributed by atoms with E-state index in [1.807, 2.05) is 18.2 Å². The van der Waals surface area contributed by atoms with Gasteiger partial charge < -0.3 is 9.84 Å². The third-order valence-electron chi connectivity index (χ3n) is 5.49. The first-order valence-corrected chi connectivity index (χ1v) is 9.97. The van der Waals surface area contributed by atoms with Gasteiger partial charge in [-0.1, -0.05) is 29.5 Å². The van der Waals surface area contributed by atoms with Crippen molar-refractivity contribution in [1.82, 2.24) is 9.88 Å². The van der Waals surface area contributed by atoms with Gasteiger partial charge in [0.15, 0.2) is 0 Å². The quantitative estimate of drug-likeness (QED) is 0.820. The zero-order valence-corrected chi connectivity index (χ0v) is 16.2. The zero-order valence-electron chi connectivity index (χ0n) is 14.6. The van der Waals surface area contributed by atoms with Gasteiger partial charge in [0.05, 0.1) is 14.9 Å². The Bertz CT molecular complexity index is 838. The van der Waals surface area contributed by atoms with E-state index in [2.05, 4.69) is 21.7 Å². The van der Waals surface area contributed by atoms with Crippen molar-refractivity contribution in [2.45, 2.75) is 24.0 Å². The number of thiophene rings is 1. The molecule has 1 N–H and O–H groups in total. The Labute approximate surface area is 162 Å². The number of aromatic nitrogens is 1. The highest BCUT2D eigenvalue weighted by Crippen LogP contribution is 2.39. The lowest BCUT2D eigenvalue weighted by molar-refractivity contribution is -0.0964. The number of rotatable bonds is 3. The van der Waals surface area contributed by atoms with Crippen LogP contribution in [0.5, 0.6) is 0 Å². The Morgan fingerprint density at radius 1 is 1.35 bits per heavy atom. The number of halogens is 1. The first-order chi connectivity index (χ1) is 12.6. The summed E-state index contributed by atoms with van der Waals surface area (Å²) in [5.41, 5.74) is -1.55. The largest absolute Gasteiger partial charge is 0.368 e. The van der Waals surface area contributed by atoms with E-state index in [1.165, 1.54) is 11.3 Å². The van der Waals surface area contributed by atoms with Crippen LogP contribution < -0.4 is 0 Å². The molecule has 3 saturated heterocycles. The Morgan fingerprint density at radius 3 is 2.69 bits per heavy atom. The molecule has 5 rings (SSSR count). The monoisotopic (exact) mass is 388 g/mol. The number of hydrogen-bond acceptors (Lipinski definition) is 5. The number of piperidine rings is 3. The second kappa shape index (κ2) is 6.95. The Balaban J connectivity index is 1.78. The van der Waals surface area contributed by atoms with Crippen LogP contribution in [-0.4, -0.2) is 47.3 Å². The van der Waals surface area contributed by atoms with Crippen molar-refractivity contribution < 1.29 is 9.84 Å². The summed E-state index contributed by atoms with van der Waals surface area (Å²) in [5, 5.41) is 11.5. The van der Waals surface area contributed by atoms with Crippen LogP contribution in [0.25, 0.3) is 0 Å². The van der Waals surface area contributed by atoms with Crippen molar-refractivity contribution >= 4 is 22.9 Å². The number of aliphatic hydroxyl groups is 1. The van der Waals surface area contributed by atoms with Crippen molar-refractivity contribution in [1.29, 1.82) is 0 Å². The molecule has 4 nitrogen and oxygen atoms in total. The molecule has 3 aliphatic heterocycles. The molecular formula is C20H21ClN2O2S. The van der Waals surface area contributed by atoms with Gasteiger partial charge in [-0.05, 0) is 50.2 Å². The van der Waals surface area contributed by atoms with Crippen molar-refractivity contribution in [3.05, 3.63) is 51.4 Å². The molecule has 0 saturated carbocycles. The molecule has 2 bridgehead atoms. The minimum Gasteiger partial charge on any atom is -0.368 e. The molecule has 1 unspecified atom stereocenters. The van der Waals surface area contributed by atoms with Gasteiger partial charge >= 0.3 is 0 Å². The Morgan fingerprint density at radius 2 is 2.15 bits per heavy atom. The SMILES string of the molecule is CO[C@]1(C#CC(O)(c2ccccn2)c2ccc(Cl)s2)CN2CCC1CC2. The van der Waals surface area contributed by atoms with Gasteiger partial charge in [-0.3, -0.25) is 9.88 Å². The third kappa shape index (κ3) is 3.06. The summed E-state index contributed by atoms with van der Waals surface area (Å²) in [6, 6.07) is 9.05. The minimum absolute atomic E-state index is 0.393. The van der Waals surface area contributed by atoms with E-state index in [4.69, 9.17) is 16.3 Å². The highest BCUT2D eigenvalue weighted by molar-refractivity contribution is 7.16.